The third kappa shape index (κ3) is 3.21. The van der Waals surface area contributed by atoms with E-state index in [2.05, 4.69) is 25.7 Å². The van der Waals surface area contributed by atoms with Crippen molar-refractivity contribution in [3.8, 4) is 0 Å². The van der Waals surface area contributed by atoms with E-state index in [9.17, 15) is 4.79 Å². The van der Waals surface area contributed by atoms with Gasteiger partial charge in [0.2, 0.25) is 11.1 Å². The second-order valence-corrected chi connectivity index (χ2v) is 7.15. The highest BCUT2D eigenvalue weighted by Gasteiger charge is 2.34. The SMILES string of the molecule is O=C(CSc1nnnn1C1CC1)NC1CCN(C2CC2)C1. The van der Waals surface area contributed by atoms with Crippen LogP contribution in [0.25, 0.3) is 0 Å². The first kappa shape index (κ1) is 13.5. The lowest BCUT2D eigenvalue weighted by Gasteiger charge is -2.15. The number of amides is 1. The lowest BCUT2D eigenvalue weighted by atomic mass is 10.2. The standard InChI is InChI=1S/C13H20N6OS/c20-12(14-9-5-6-18(7-9)10-1-2-10)8-21-13-15-16-17-19(13)11-3-4-11/h9-11H,1-8H2,(H,14,20). The summed E-state index contributed by atoms with van der Waals surface area (Å²) < 4.78 is 1.85. The number of nitrogens with one attached hydrogen (secondary N) is 1. The van der Waals surface area contributed by atoms with Crippen LogP contribution in [0.2, 0.25) is 0 Å². The highest BCUT2D eigenvalue weighted by molar-refractivity contribution is 7.99. The van der Waals surface area contributed by atoms with Crippen molar-refractivity contribution < 1.29 is 4.79 Å². The van der Waals surface area contributed by atoms with Gasteiger partial charge in [0.1, 0.15) is 0 Å². The van der Waals surface area contributed by atoms with Gasteiger partial charge in [-0.3, -0.25) is 9.69 Å². The average Bonchev–Trinajstić information content (AvgIpc) is 3.41. The lowest BCUT2D eigenvalue weighted by Crippen LogP contribution is -2.38. The van der Waals surface area contributed by atoms with E-state index in [0.29, 0.717) is 17.8 Å². The van der Waals surface area contributed by atoms with E-state index in [0.717, 1.165) is 43.6 Å². The number of hydrogen-bond acceptors (Lipinski definition) is 6. The molecule has 1 atom stereocenters. The molecule has 1 aromatic heterocycles. The Hall–Kier alpha value is -1.15. The predicted octanol–water partition coefficient (Wildman–Crippen LogP) is 0.453. The van der Waals surface area contributed by atoms with E-state index in [1.54, 1.807) is 0 Å². The molecule has 1 aromatic rings. The fourth-order valence-corrected chi connectivity index (χ4v) is 3.66. The maximum absolute atomic E-state index is 12.1. The molecule has 0 bridgehead atoms. The number of carbonyl (C=O) groups is 1. The zero-order chi connectivity index (χ0) is 14.2. The molecular weight excluding hydrogens is 288 g/mol. The topological polar surface area (TPSA) is 75.9 Å². The summed E-state index contributed by atoms with van der Waals surface area (Å²) in [4.78, 5) is 14.6. The van der Waals surface area contributed by atoms with Gasteiger partial charge in [-0.2, -0.15) is 0 Å². The van der Waals surface area contributed by atoms with Gasteiger partial charge in [-0.05, 0) is 42.5 Å². The normalized spacial score (nSPS) is 26.2. The maximum atomic E-state index is 12.1. The highest BCUT2D eigenvalue weighted by Crippen LogP contribution is 2.36. The molecule has 2 heterocycles. The van der Waals surface area contributed by atoms with Gasteiger partial charge >= 0.3 is 0 Å². The Bertz CT molecular complexity index is 526. The van der Waals surface area contributed by atoms with E-state index in [1.807, 2.05) is 4.68 Å². The molecule has 114 valence electrons. The summed E-state index contributed by atoms with van der Waals surface area (Å²) in [5.41, 5.74) is 0. The van der Waals surface area contributed by atoms with Crippen LogP contribution in [-0.2, 0) is 4.79 Å². The average molecular weight is 308 g/mol. The van der Waals surface area contributed by atoms with E-state index in [1.165, 1.54) is 24.6 Å². The summed E-state index contributed by atoms with van der Waals surface area (Å²) in [6, 6.07) is 1.56. The zero-order valence-electron chi connectivity index (χ0n) is 11.9. The quantitative estimate of drug-likeness (QED) is 0.769. The number of tetrazole rings is 1. The van der Waals surface area contributed by atoms with Crippen molar-refractivity contribution in [2.24, 2.45) is 0 Å². The molecule has 2 aliphatic carbocycles. The summed E-state index contributed by atoms with van der Waals surface area (Å²) in [5, 5.41) is 15.6. The van der Waals surface area contributed by atoms with Crippen LogP contribution in [0.5, 0.6) is 0 Å². The van der Waals surface area contributed by atoms with Gasteiger partial charge in [-0.25, -0.2) is 4.68 Å². The van der Waals surface area contributed by atoms with Crippen molar-refractivity contribution in [1.29, 1.82) is 0 Å². The summed E-state index contributed by atoms with van der Waals surface area (Å²) >= 11 is 1.43. The fraction of sp³-hybridized carbons (Fsp3) is 0.846. The van der Waals surface area contributed by atoms with Gasteiger partial charge in [-0.1, -0.05) is 11.8 Å². The number of thioether (sulfide) groups is 1. The Kier molecular flexibility index (Phi) is 3.58. The first-order valence-corrected chi connectivity index (χ1v) is 8.72. The second-order valence-electron chi connectivity index (χ2n) is 6.21. The molecule has 7 nitrogen and oxygen atoms in total. The molecule has 0 radical (unpaired) electrons. The van der Waals surface area contributed by atoms with Crippen molar-refractivity contribution in [3.05, 3.63) is 0 Å². The van der Waals surface area contributed by atoms with Crippen LogP contribution < -0.4 is 5.32 Å². The largest absolute Gasteiger partial charge is 0.351 e. The smallest absolute Gasteiger partial charge is 0.230 e. The van der Waals surface area contributed by atoms with Crippen molar-refractivity contribution in [2.75, 3.05) is 18.8 Å². The molecular formula is C13H20N6OS. The van der Waals surface area contributed by atoms with Crippen LogP contribution >= 0.6 is 11.8 Å². The summed E-state index contributed by atoms with van der Waals surface area (Å²) in [5.74, 6) is 0.487. The van der Waals surface area contributed by atoms with Gasteiger partial charge in [0, 0.05) is 25.2 Å². The summed E-state index contributed by atoms with van der Waals surface area (Å²) in [6.45, 7) is 2.14. The second kappa shape index (κ2) is 5.57. The number of likely N-dealkylation sites (tertiary alicyclic amines) is 1. The van der Waals surface area contributed by atoms with Gasteiger partial charge < -0.3 is 5.32 Å². The Labute approximate surface area is 127 Å². The number of nitrogens with zero attached hydrogens (tertiary/aromatic N) is 5. The van der Waals surface area contributed by atoms with E-state index in [-0.39, 0.29) is 5.91 Å². The van der Waals surface area contributed by atoms with Crippen LogP contribution in [-0.4, -0.2) is 61.9 Å². The third-order valence-electron chi connectivity index (χ3n) is 4.34. The van der Waals surface area contributed by atoms with E-state index in [4.69, 9.17) is 0 Å². The van der Waals surface area contributed by atoms with Crippen molar-refractivity contribution in [1.82, 2.24) is 30.4 Å². The highest BCUT2D eigenvalue weighted by atomic mass is 32.2. The summed E-state index contributed by atoms with van der Waals surface area (Å²) in [6.07, 6.45) is 6.03. The third-order valence-corrected chi connectivity index (χ3v) is 5.27. The number of aromatic nitrogens is 4. The van der Waals surface area contributed by atoms with Crippen LogP contribution in [0.4, 0.5) is 0 Å². The molecule has 3 fully saturated rings. The van der Waals surface area contributed by atoms with Crippen LogP contribution in [0.15, 0.2) is 5.16 Å². The van der Waals surface area contributed by atoms with Gasteiger partial charge in [-0.15, -0.1) is 5.10 Å². The minimum Gasteiger partial charge on any atom is -0.351 e. The molecule has 8 heteroatoms. The van der Waals surface area contributed by atoms with Crippen molar-refractivity contribution in [2.45, 2.75) is 55.4 Å². The molecule has 21 heavy (non-hydrogen) atoms. The van der Waals surface area contributed by atoms with Gasteiger partial charge in [0.05, 0.1) is 11.8 Å². The Morgan fingerprint density at radius 1 is 1.24 bits per heavy atom. The van der Waals surface area contributed by atoms with E-state index < -0.39 is 0 Å². The molecule has 0 spiro atoms. The van der Waals surface area contributed by atoms with Gasteiger partial charge in [0.15, 0.2) is 0 Å². The first-order chi connectivity index (χ1) is 10.3. The van der Waals surface area contributed by atoms with E-state index >= 15 is 0 Å². The molecule has 2 saturated carbocycles. The zero-order valence-corrected chi connectivity index (χ0v) is 12.8. The Balaban J connectivity index is 1.23. The minimum atomic E-state index is 0.0907. The maximum Gasteiger partial charge on any atom is 0.230 e. The number of carbonyl (C=O) groups excluding carboxylic acids is 1. The van der Waals surface area contributed by atoms with Crippen LogP contribution in [0.1, 0.15) is 38.1 Å². The Morgan fingerprint density at radius 3 is 2.81 bits per heavy atom. The van der Waals surface area contributed by atoms with Crippen LogP contribution in [0.3, 0.4) is 0 Å². The Morgan fingerprint density at radius 2 is 2.05 bits per heavy atom. The van der Waals surface area contributed by atoms with Crippen molar-refractivity contribution >= 4 is 17.7 Å². The molecule has 1 aliphatic heterocycles. The molecule has 4 rings (SSSR count). The molecule has 1 unspecified atom stereocenters. The molecule has 1 saturated heterocycles. The molecule has 3 aliphatic rings. The fourth-order valence-electron chi connectivity index (χ4n) is 2.90. The van der Waals surface area contributed by atoms with Gasteiger partial charge in [0.25, 0.3) is 0 Å². The molecule has 0 aromatic carbocycles. The minimum absolute atomic E-state index is 0.0907. The lowest BCUT2D eigenvalue weighted by molar-refractivity contribution is -0.119. The van der Waals surface area contributed by atoms with Crippen LogP contribution in [0, 0.1) is 0 Å². The predicted molar refractivity (Wildman–Crippen MR) is 78.0 cm³/mol. The first-order valence-electron chi connectivity index (χ1n) is 7.73. The summed E-state index contributed by atoms with van der Waals surface area (Å²) in [7, 11) is 0. The number of rotatable bonds is 6. The number of hydrogen-bond donors (Lipinski definition) is 1. The monoisotopic (exact) mass is 308 g/mol. The van der Waals surface area contributed by atoms with Crippen molar-refractivity contribution in [3.63, 3.8) is 0 Å². The molecule has 1 N–H and O–H groups in total. The molecule has 1 amide bonds.